The van der Waals surface area contributed by atoms with E-state index in [0.29, 0.717) is 24.3 Å². The van der Waals surface area contributed by atoms with Gasteiger partial charge in [0, 0.05) is 19.2 Å². The van der Waals surface area contributed by atoms with Gasteiger partial charge in [-0.3, -0.25) is 4.79 Å². The fraction of sp³-hybridized carbons (Fsp3) is 0.533. The fourth-order valence-corrected chi connectivity index (χ4v) is 2.50. The number of rotatable bonds is 5. The molecule has 4 nitrogen and oxygen atoms in total. The molecule has 1 amide bonds. The second-order valence-electron chi connectivity index (χ2n) is 5.01. The van der Waals surface area contributed by atoms with Crippen LogP contribution in [0.5, 0.6) is 0 Å². The van der Waals surface area contributed by atoms with Gasteiger partial charge >= 0.3 is 0 Å². The maximum atomic E-state index is 14.0. The first-order chi connectivity index (χ1) is 9.72. The third-order valence-electron chi connectivity index (χ3n) is 3.63. The van der Waals surface area contributed by atoms with Gasteiger partial charge in [0.15, 0.2) is 0 Å². The van der Waals surface area contributed by atoms with Gasteiger partial charge in [0.1, 0.15) is 5.82 Å². The van der Waals surface area contributed by atoms with Crippen molar-refractivity contribution in [2.45, 2.75) is 18.8 Å². The highest BCUT2D eigenvalue weighted by atomic mass is 35.5. The fourth-order valence-electron chi connectivity index (χ4n) is 2.50. The topological polar surface area (TPSA) is 50.4 Å². The highest BCUT2D eigenvalue weighted by molar-refractivity contribution is 5.94. The average molecular weight is 317 g/mol. The number of hydrogen-bond acceptors (Lipinski definition) is 3. The highest BCUT2D eigenvalue weighted by Crippen LogP contribution is 2.28. The molecule has 2 rings (SSSR count). The average Bonchev–Trinajstić information content (AvgIpc) is 2.49. The lowest BCUT2D eigenvalue weighted by Gasteiger charge is -2.23. The van der Waals surface area contributed by atoms with Crippen molar-refractivity contribution in [3.8, 4) is 0 Å². The molecule has 118 valence electrons. The first kappa shape index (κ1) is 17.9. The Morgan fingerprint density at radius 1 is 1.43 bits per heavy atom. The molecule has 0 aromatic heterocycles. The van der Waals surface area contributed by atoms with Crippen LogP contribution in [0.3, 0.4) is 0 Å². The van der Waals surface area contributed by atoms with Gasteiger partial charge < -0.3 is 15.4 Å². The van der Waals surface area contributed by atoms with Crippen molar-refractivity contribution in [3.05, 3.63) is 35.1 Å². The number of ether oxygens (including phenoxy) is 1. The summed E-state index contributed by atoms with van der Waals surface area (Å²) >= 11 is 0. The number of hydrogen-bond donors (Lipinski definition) is 2. The molecule has 0 atom stereocenters. The standard InChI is InChI=1S/C15H21FN2O2.ClH/c1-20-9-8-18-15(19)12-2-3-14(16)13(10-12)11-4-6-17-7-5-11;/h2-3,10-11,17H,4-9H2,1H3,(H,18,19);1H. The normalized spacial score (nSPS) is 15.3. The Kier molecular flexibility index (Phi) is 7.64. The molecular weight excluding hydrogens is 295 g/mol. The summed E-state index contributed by atoms with van der Waals surface area (Å²) < 4.78 is 18.8. The summed E-state index contributed by atoms with van der Waals surface area (Å²) in [4.78, 5) is 12.0. The zero-order valence-electron chi connectivity index (χ0n) is 12.2. The number of piperidine rings is 1. The molecular formula is C15H22ClFN2O2. The molecule has 1 aliphatic heterocycles. The SMILES string of the molecule is COCCNC(=O)c1ccc(F)c(C2CCNCC2)c1.Cl. The van der Waals surface area contributed by atoms with Gasteiger partial charge in [-0.1, -0.05) is 0 Å². The van der Waals surface area contributed by atoms with Gasteiger partial charge in [-0.2, -0.15) is 0 Å². The Labute approximate surface area is 130 Å². The number of carbonyl (C=O) groups excluding carboxylic acids is 1. The lowest BCUT2D eigenvalue weighted by atomic mass is 9.89. The lowest BCUT2D eigenvalue weighted by molar-refractivity contribution is 0.0937. The minimum atomic E-state index is -0.217. The van der Waals surface area contributed by atoms with Gasteiger partial charge in [0.25, 0.3) is 5.91 Å². The predicted molar refractivity (Wildman–Crippen MR) is 82.7 cm³/mol. The quantitative estimate of drug-likeness (QED) is 0.818. The van der Waals surface area contributed by atoms with E-state index in [1.165, 1.54) is 12.1 Å². The van der Waals surface area contributed by atoms with E-state index in [0.717, 1.165) is 25.9 Å². The summed E-state index contributed by atoms with van der Waals surface area (Å²) in [7, 11) is 1.58. The minimum absolute atomic E-state index is 0. The van der Waals surface area contributed by atoms with Crippen LogP contribution in [0.25, 0.3) is 0 Å². The maximum absolute atomic E-state index is 14.0. The van der Waals surface area contributed by atoms with Gasteiger partial charge in [0.2, 0.25) is 0 Å². The van der Waals surface area contributed by atoms with Crippen molar-refractivity contribution in [2.75, 3.05) is 33.4 Å². The molecule has 6 heteroatoms. The van der Waals surface area contributed by atoms with Crippen molar-refractivity contribution in [1.29, 1.82) is 0 Å². The second-order valence-corrected chi connectivity index (χ2v) is 5.01. The van der Waals surface area contributed by atoms with Crippen LogP contribution in [0.15, 0.2) is 18.2 Å². The molecule has 2 N–H and O–H groups in total. The smallest absolute Gasteiger partial charge is 0.251 e. The molecule has 0 aliphatic carbocycles. The largest absolute Gasteiger partial charge is 0.383 e. The summed E-state index contributed by atoms with van der Waals surface area (Å²) in [6.07, 6.45) is 1.82. The van der Waals surface area contributed by atoms with Gasteiger partial charge in [-0.25, -0.2) is 4.39 Å². The van der Waals surface area contributed by atoms with Crippen molar-refractivity contribution in [1.82, 2.24) is 10.6 Å². The first-order valence-corrected chi connectivity index (χ1v) is 6.99. The van der Waals surface area contributed by atoms with Crippen molar-refractivity contribution in [2.24, 2.45) is 0 Å². The van der Waals surface area contributed by atoms with Crippen LogP contribution in [0.4, 0.5) is 4.39 Å². The summed E-state index contributed by atoms with van der Waals surface area (Å²) in [5.41, 5.74) is 1.17. The molecule has 0 unspecified atom stereocenters. The van der Waals surface area contributed by atoms with Crippen LogP contribution < -0.4 is 10.6 Å². The molecule has 0 radical (unpaired) electrons. The molecule has 1 aromatic carbocycles. The Bertz CT molecular complexity index is 465. The predicted octanol–water partition coefficient (Wildman–Crippen LogP) is 2.09. The first-order valence-electron chi connectivity index (χ1n) is 6.99. The zero-order chi connectivity index (χ0) is 14.4. The second kappa shape index (κ2) is 8.97. The molecule has 1 fully saturated rings. The molecule has 21 heavy (non-hydrogen) atoms. The van der Waals surface area contributed by atoms with E-state index in [9.17, 15) is 9.18 Å². The number of halogens is 2. The van der Waals surface area contributed by atoms with E-state index >= 15 is 0 Å². The Balaban J connectivity index is 0.00000220. The van der Waals surface area contributed by atoms with Gasteiger partial charge in [-0.05, 0) is 55.6 Å². The summed E-state index contributed by atoms with van der Waals surface area (Å²) in [5, 5.41) is 6.01. The number of amides is 1. The Hall–Kier alpha value is -1.17. The van der Waals surface area contributed by atoms with E-state index < -0.39 is 0 Å². The number of nitrogens with one attached hydrogen (secondary N) is 2. The lowest BCUT2D eigenvalue weighted by Crippen LogP contribution is -2.28. The summed E-state index contributed by atoms with van der Waals surface area (Å²) in [6.45, 7) is 2.71. The van der Waals surface area contributed by atoms with E-state index in [1.807, 2.05) is 0 Å². The van der Waals surface area contributed by atoms with Gasteiger partial charge in [-0.15, -0.1) is 12.4 Å². The third-order valence-corrected chi connectivity index (χ3v) is 3.63. The number of methoxy groups -OCH3 is 1. The molecule has 1 aromatic rings. The minimum Gasteiger partial charge on any atom is -0.383 e. The monoisotopic (exact) mass is 316 g/mol. The molecule has 0 spiro atoms. The molecule has 0 saturated carbocycles. The van der Waals surface area contributed by atoms with Crippen molar-refractivity contribution < 1.29 is 13.9 Å². The van der Waals surface area contributed by atoms with Crippen LogP contribution in [-0.2, 0) is 4.74 Å². The van der Waals surface area contributed by atoms with Crippen molar-refractivity contribution in [3.63, 3.8) is 0 Å². The summed E-state index contributed by atoms with van der Waals surface area (Å²) in [6, 6.07) is 4.61. The van der Waals surface area contributed by atoms with E-state index in [-0.39, 0.29) is 30.0 Å². The van der Waals surface area contributed by atoms with Crippen LogP contribution in [0.1, 0.15) is 34.7 Å². The Morgan fingerprint density at radius 3 is 2.81 bits per heavy atom. The van der Waals surface area contributed by atoms with E-state index in [2.05, 4.69) is 10.6 Å². The van der Waals surface area contributed by atoms with E-state index in [4.69, 9.17) is 4.74 Å². The number of carbonyl (C=O) groups is 1. The van der Waals surface area contributed by atoms with Crippen LogP contribution >= 0.6 is 12.4 Å². The maximum Gasteiger partial charge on any atom is 0.251 e. The third kappa shape index (κ3) is 4.95. The van der Waals surface area contributed by atoms with Crippen LogP contribution in [0, 0.1) is 5.82 Å². The molecule has 1 saturated heterocycles. The molecule has 0 bridgehead atoms. The molecule has 1 aliphatic rings. The zero-order valence-corrected chi connectivity index (χ0v) is 13.0. The highest BCUT2D eigenvalue weighted by Gasteiger charge is 2.20. The van der Waals surface area contributed by atoms with E-state index in [1.54, 1.807) is 13.2 Å². The Morgan fingerprint density at radius 2 is 2.14 bits per heavy atom. The number of benzene rings is 1. The van der Waals surface area contributed by atoms with Crippen molar-refractivity contribution >= 4 is 18.3 Å². The van der Waals surface area contributed by atoms with Crippen LogP contribution in [-0.4, -0.2) is 39.3 Å². The summed E-state index contributed by atoms with van der Waals surface area (Å²) in [5.74, 6) is -0.203. The van der Waals surface area contributed by atoms with Gasteiger partial charge in [0.05, 0.1) is 6.61 Å². The molecule has 1 heterocycles. The van der Waals surface area contributed by atoms with Crippen LogP contribution in [0.2, 0.25) is 0 Å².